The Morgan fingerprint density at radius 3 is 2.48 bits per heavy atom. The molecule has 6 nitrogen and oxygen atoms in total. The van der Waals surface area contributed by atoms with Crippen molar-refractivity contribution >= 4 is 28.9 Å². The molecule has 0 bridgehead atoms. The van der Waals surface area contributed by atoms with Crippen LogP contribution in [-0.4, -0.2) is 34.4 Å². The molecule has 128 valence electrons. The van der Waals surface area contributed by atoms with Crippen molar-refractivity contribution in [2.24, 2.45) is 0 Å². The second-order valence-corrected chi connectivity index (χ2v) is 6.64. The molecule has 2 N–H and O–H groups in total. The molecule has 0 aliphatic heterocycles. The van der Waals surface area contributed by atoms with E-state index in [-0.39, 0.29) is 6.03 Å². The van der Waals surface area contributed by atoms with Crippen LogP contribution in [0.4, 0.5) is 16.2 Å². The van der Waals surface area contributed by atoms with E-state index < -0.39 is 0 Å². The summed E-state index contributed by atoms with van der Waals surface area (Å²) in [6.07, 6.45) is 3.47. The Morgan fingerprint density at radius 2 is 1.80 bits per heavy atom. The minimum absolute atomic E-state index is 0.285. The number of amides is 2. The van der Waals surface area contributed by atoms with Gasteiger partial charge in [0.2, 0.25) is 0 Å². The number of carbonyl (C=O) groups excluding carboxylic acids is 1. The molecule has 0 saturated carbocycles. The van der Waals surface area contributed by atoms with Crippen LogP contribution in [0.25, 0.3) is 10.4 Å². The first-order valence-electron chi connectivity index (χ1n) is 7.79. The van der Waals surface area contributed by atoms with Crippen molar-refractivity contribution in [3.05, 3.63) is 60.6 Å². The zero-order valence-corrected chi connectivity index (χ0v) is 14.9. The second-order valence-electron chi connectivity index (χ2n) is 5.81. The molecule has 3 rings (SSSR count). The van der Waals surface area contributed by atoms with E-state index in [0.29, 0.717) is 5.69 Å². The molecule has 2 amide bonds. The lowest BCUT2D eigenvalue weighted by Gasteiger charge is -2.11. The molecule has 3 aromatic rings. The number of hydrogen-bond donors (Lipinski definition) is 2. The summed E-state index contributed by atoms with van der Waals surface area (Å²) in [4.78, 5) is 19.6. The van der Waals surface area contributed by atoms with Gasteiger partial charge in [-0.1, -0.05) is 12.1 Å². The highest BCUT2D eigenvalue weighted by atomic mass is 32.1. The molecule has 2 aromatic heterocycles. The maximum absolute atomic E-state index is 12.2. The van der Waals surface area contributed by atoms with Gasteiger partial charge in [0.15, 0.2) is 0 Å². The molecule has 7 heteroatoms. The minimum atomic E-state index is -0.285. The molecule has 0 atom stereocenters. The van der Waals surface area contributed by atoms with Gasteiger partial charge in [-0.15, -0.1) is 0 Å². The van der Waals surface area contributed by atoms with Gasteiger partial charge >= 0.3 is 6.03 Å². The summed E-state index contributed by atoms with van der Waals surface area (Å²) in [6.45, 7) is 0.718. The van der Waals surface area contributed by atoms with Gasteiger partial charge in [0.25, 0.3) is 0 Å². The predicted octanol–water partition coefficient (Wildman–Crippen LogP) is 3.91. The van der Waals surface area contributed by atoms with Crippen molar-refractivity contribution in [3.8, 4) is 10.4 Å². The van der Waals surface area contributed by atoms with Gasteiger partial charge in [-0.05, 0) is 61.5 Å². The topological polar surface area (TPSA) is 70.2 Å². The molecule has 0 unspecified atom stereocenters. The van der Waals surface area contributed by atoms with Crippen LogP contribution in [0.3, 0.4) is 0 Å². The lowest BCUT2D eigenvalue weighted by molar-refractivity contribution is 0.262. The van der Waals surface area contributed by atoms with Gasteiger partial charge in [-0.25, -0.2) is 9.17 Å². The van der Waals surface area contributed by atoms with Crippen LogP contribution in [0.1, 0.15) is 5.69 Å². The summed E-state index contributed by atoms with van der Waals surface area (Å²) in [7, 11) is 3.95. The Balaban J connectivity index is 1.61. The van der Waals surface area contributed by atoms with Crippen LogP contribution >= 0.6 is 11.5 Å². The van der Waals surface area contributed by atoms with E-state index in [1.165, 1.54) is 11.5 Å². The number of nitrogens with one attached hydrogen (secondary N) is 2. The van der Waals surface area contributed by atoms with Crippen LogP contribution in [0.15, 0.2) is 54.9 Å². The van der Waals surface area contributed by atoms with Gasteiger partial charge in [0.1, 0.15) is 0 Å². The predicted molar refractivity (Wildman–Crippen MR) is 102 cm³/mol. The molecule has 0 aliphatic rings. The Morgan fingerprint density at radius 1 is 1.04 bits per heavy atom. The summed E-state index contributed by atoms with van der Waals surface area (Å²) < 4.78 is 4.09. The fraction of sp³-hybridized carbons (Fsp3) is 0.167. The van der Waals surface area contributed by atoms with Gasteiger partial charge in [0.05, 0.1) is 10.6 Å². The highest BCUT2D eigenvalue weighted by Crippen LogP contribution is 2.24. The van der Waals surface area contributed by atoms with Crippen molar-refractivity contribution in [2.75, 3.05) is 24.7 Å². The number of benzene rings is 1. The maximum atomic E-state index is 12.2. The molecule has 0 spiro atoms. The van der Waals surface area contributed by atoms with E-state index in [2.05, 4.69) is 20.0 Å². The van der Waals surface area contributed by atoms with Gasteiger partial charge < -0.3 is 15.5 Å². The normalized spacial score (nSPS) is 10.7. The third-order valence-electron chi connectivity index (χ3n) is 3.42. The molecule has 0 saturated heterocycles. The lowest BCUT2D eigenvalue weighted by Crippen LogP contribution is -2.20. The summed E-state index contributed by atoms with van der Waals surface area (Å²) in [6, 6.07) is 13.0. The van der Waals surface area contributed by atoms with Crippen molar-refractivity contribution in [3.63, 3.8) is 0 Å². The number of pyridine rings is 1. The number of hydrogen-bond acceptors (Lipinski definition) is 5. The fourth-order valence-electron chi connectivity index (χ4n) is 2.34. The van der Waals surface area contributed by atoms with Crippen LogP contribution < -0.4 is 10.6 Å². The van der Waals surface area contributed by atoms with E-state index in [1.54, 1.807) is 18.5 Å². The van der Waals surface area contributed by atoms with Crippen molar-refractivity contribution in [1.29, 1.82) is 0 Å². The number of aromatic nitrogens is 2. The number of carbonyl (C=O) groups is 1. The monoisotopic (exact) mass is 353 g/mol. The van der Waals surface area contributed by atoms with E-state index in [4.69, 9.17) is 0 Å². The van der Waals surface area contributed by atoms with Crippen molar-refractivity contribution in [2.45, 2.75) is 6.54 Å². The smallest absolute Gasteiger partial charge is 0.308 e. The van der Waals surface area contributed by atoms with Crippen molar-refractivity contribution in [1.82, 2.24) is 14.3 Å². The van der Waals surface area contributed by atoms with E-state index in [9.17, 15) is 4.79 Å². The Hall–Kier alpha value is -2.77. The van der Waals surface area contributed by atoms with Gasteiger partial charge in [-0.3, -0.25) is 4.98 Å². The summed E-state index contributed by atoms with van der Waals surface area (Å²) in [5.41, 5.74) is 3.42. The third kappa shape index (κ3) is 4.85. The van der Waals surface area contributed by atoms with Crippen LogP contribution in [-0.2, 0) is 6.54 Å². The first kappa shape index (κ1) is 17.1. The summed E-state index contributed by atoms with van der Waals surface area (Å²) >= 11 is 1.44. The SMILES string of the molecule is CN(C)Cc1cc(NC(=O)Nc2ccc(-c3ccns3)cc2)ccn1. The second kappa shape index (κ2) is 7.87. The Kier molecular flexibility index (Phi) is 5.37. The molecule has 0 fully saturated rings. The summed E-state index contributed by atoms with van der Waals surface area (Å²) in [5.74, 6) is 0. The quantitative estimate of drug-likeness (QED) is 0.729. The van der Waals surface area contributed by atoms with Crippen molar-refractivity contribution < 1.29 is 4.79 Å². The number of anilines is 2. The Labute approximate surface area is 150 Å². The molecule has 0 aliphatic carbocycles. The molecular weight excluding hydrogens is 334 g/mol. The van der Waals surface area contributed by atoms with Crippen LogP contribution in [0.2, 0.25) is 0 Å². The zero-order chi connectivity index (χ0) is 17.6. The summed E-state index contributed by atoms with van der Waals surface area (Å²) in [5, 5.41) is 5.66. The molecule has 0 radical (unpaired) electrons. The highest BCUT2D eigenvalue weighted by Gasteiger charge is 2.05. The standard InChI is InChI=1S/C18H19N5OS/c1-23(2)12-16-11-15(7-9-19-16)22-18(24)21-14-5-3-13(4-6-14)17-8-10-20-25-17/h3-11H,12H2,1-2H3,(H2,19,21,22,24). The molecular formula is C18H19N5OS. The average Bonchev–Trinajstić information content (AvgIpc) is 3.09. The molecule has 2 heterocycles. The van der Waals surface area contributed by atoms with E-state index in [0.717, 1.165) is 28.4 Å². The average molecular weight is 353 g/mol. The van der Waals surface area contributed by atoms with E-state index >= 15 is 0 Å². The van der Waals surface area contributed by atoms with Crippen LogP contribution in [0, 0.1) is 0 Å². The lowest BCUT2D eigenvalue weighted by atomic mass is 10.2. The van der Waals surface area contributed by atoms with Gasteiger partial charge in [-0.2, -0.15) is 0 Å². The fourth-order valence-corrected chi connectivity index (χ4v) is 2.94. The highest BCUT2D eigenvalue weighted by molar-refractivity contribution is 7.09. The maximum Gasteiger partial charge on any atom is 0.323 e. The molecule has 25 heavy (non-hydrogen) atoms. The molecule has 1 aromatic carbocycles. The first-order chi connectivity index (χ1) is 12.1. The first-order valence-corrected chi connectivity index (χ1v) is 8.56. The van der Waals surface area contributed by atoms with Gasteiger partial charge in [0, 0.05) is 30.3 Å². The zero-order valence-electron chi connectivity index (χ0n) is 14.1. The third-order valence-corrected chi connectivity index (χ3v) is 4.21. The number of nitrogens with zero attached hydrogens (tertiary/aromatic N) is 3. The largest absolute Gasteiger partial charge is 0.323 e. The minimum Gasteiger partial charge on any atom is -0.308 e. The number of rotatable bonds is 5. The Bertz CT molecular complexity index is 831. The van der Waals surface area contributed by atoms with E-state index in [1.807, 2.05) is 55.4 Å². The number of urea groups is 1. The van der Waals surface area contributed by atoms with Crippen LogP contribution in [0.5, 0.6) is 0 Å².